The van der Waals surface area contributed by atoms with Gasteiger partial charge in [-0.1, -0.05) is 42.5 Å². The van der Waals surface area contributed by atoms with Gasteiger partial charge in [0.1, 0.15) is 0 Å². The standard InChI is InChI=1S/C26H24N4.2BrH/c1-3-21-15-22(4-1)18-28-26-9-13-30(14-10-26)20-24-6-2-5-23(16-24)19-29-11-7-25(8-12-29)27-17-21;;/h1-16H,17-20H2;2*1H. The van der Waals surface area contributed by atoms with Gasteiger partial charge < -0.3 is 44.6 Å². The number of nitrogens with zero attached hydrogens (tertiary/aromatic N) is 2. The molecule has 4 aliphatic rings. The third-order valence-electron chi connectivity index (χ3n) is 5.49. The topological polar surface area (TPSA) is 31.8 Å². The predicted octanol–water partition coefficient (Wildman–Crippen LogP) is -2.10. The van der Waals surface area contributed by atoms with Crippen LogP contribution in [0, 0.1) is 0 Å². The van der Waals surface area contributed by atoms with Crippen LogP contribution in [0.4, 0.5) is 11.4 Å². The molecule has 0 radical (unpaired) electrons. The Morgan fingerprint density at radius 1 is 0.500 bits per heavy atom. The molecule has 4 aliphatic heterocycles. The van der Waals surface area contributed by atoms with E-state index < -0.39 is 0 Å². The zero-order valence-corrected chi connectivity index (χ0v) is 20.9. The van der Waals surface area contributed by atoms with E-state index in [9.17, 15) is 0 Å². The number of halogens is 2. The van der Waals surface area contributed by atoms with E-state index >= 15 is 0 Å². The van der Waals surface area contributed by atoms with Crippen molar-refractivity contribution >= 4 is 11.4 Å². The third kappa shape index (κ3) is 6.17. The van der Waals surface area contributed by atoms with E-state index in [1.54, 1.807) is 0 Å². The van der Waals surface area contributed by atoms with Crippen LogP contribution in [0.2, 0.25) is 0 Å². The fraction of sp³-hybridized carbons (Fsp3) is 0.154. The highest BCUT2D eigenvalue weighted by atomic mass is 79.9. The van der Waals surface area contributed by atoms with Crippen LogP contribution in [0.1, 0.15) is 22.3 Å². The molecule has 164 valence electrons. The zero-order valence-electron chi connectivity index (χ0n) is 17.7. The molecular weight excluding hydrogens is 528 g/mol. The van der Waals surface area contributed by atoms with Crippen LogP contribution in [-0.4, -0.2) is 0 Å². The lowest BCUT2D eigenvalue weighted by atomic mass is 10.1. The van der Waals surface area contributed by atoms with Crippen LogP contribution in [0.5, 0.6) is 0 Å². The van der Waals surface area contributed by atoms with Crippen LogP contribution in [0.15, 0.2) is 97.6 Å². The number of nitrogens with one attached hydrogen (secondary N) is 2. The Labute approximate surface area is 210 Å². The van der Waals surface area contributed by atoms with Gasteiger partial charge in [0.15, 0.2) is 37.9 Å². The lowest BCUT2D eigenvalue weighted by Gasteiger charge is -2.10. The summed E-state index contributed by atoms with van der Waals surface area (Å²) in [5, 5.41) is 7.07. The molecule has 0 saturated carbocycles. The molecule has 0 saturated heterocycles. The number of hydrogen-bond donors (Lipinski definition) is 2. The molecule has 2 aromatic heterocycles. The molecule has 32 heavy (non-hydrogen) atoms. The Kier molecular flexibility index (Phi) is 8.42. The van der Waals surface area contributed by atoms with Gasteiger partial charge in [-0.3, -0.25) is 0 Å². The van der Waals surface area contributed by atoms with Crippen molar-refractivity contribution in [3.05, 3.63) is 120 Å². The quantitative estimate of drug-likeness (QED) is 0.245. The molecule has 0 spiro atoms. The fourth-order valence-electron chi connectivity index (χ4n) is 3.87. The number of pyridine rings is 2. The van der Waals surface area contributed by atoms with E-state index in [0.717, 1.165) is 37.6 Å². The molecule has 8 bridgehead atoms. The Balaban J connectivity index is 0.00000144. The summed E-state index contributed by atoms with van der Waals surface area (Å²) in [5.41, 5.74) is 7.45. The van der Waals surface area contributed by atoms with Crippen molar-refractivity contribution in [3.63, 3.8) is 0 Å². The molecule has 2 N–H and O–H groups in total. The minimum atomic E-state index is 0. The first kappa shape index (κ1) is 24.0. The van der Waals surface area contributed by atoms with Crippen molar-refractivity contribution in [1.82, 2.24) is 0 Å². The maximum atomic E-state index is 3.53. The van der Waals surface area contributed by atoms with Gasteiger partial charge in [-0.15, -0.1) is 0 Å². The average Bonchev–Trinajstić information content (AvgIpc) is 2.78. The molecule has 0 aliphatic carbocycles. The molecule has 4 nitrogen and oxygen atoms in total. The van der Waals surface area contributed by atoms with E-state index in [-0.39, 0.29) is 34.0 Å². The normalized spacial score (nSPS) is 12.5. The Bertz CT molecular complexity index is 1060. The number of hydrogen-bond acceptors (Lipinski definition) is 2. The van der Waals surface area contributed by atoms with E-state index in [0.29, 0.717) is 0 Å². The lowest BCUT2D eigenvalue weighted by molar-refractivity contribution is -0.689. The van der Waals surface area contributed by atoms with Crippen LogP contribution < -0.4 is 53.7 Å². The fourth-order valence-corrected chi connectivity index (χ4v) is 3.87. The van der Waals surface area contributed by atoms with Crippen molar-refractivity contribution in [2.45, 2.75) is 26.2 Å². The molecule has 8 rings (SSSR count). The molecule has 2 aromatic carbocycles. The van der Waals surface area contributed by atoms with E-state index in [4.69, 9.17) is 0 Å². The summed E-state index contributed by atoms with van der Waals surface area (Å²) in [6, 6.07) is 26.1. The minimum absolute atomic E-state index is 0. The van der Waals surface area contributed by atoms with Gasteiger partial charge in [-0.25, -0.2) is 9.13 Å². The van der Waals surface area contributed by atoms with Gasteiger partial charge in [0.2, 0.25) is 0 Å². The Morgan fingerprint density at radius 3 is 1.31 bits per heavy atom. The summed E-state index contributed by atoms with van der Waals surface area (Å²) in [6.45, 7) is 3.35. The number of anilines is 2. The second-order valence-electron chi connectivity index (χ2n) is 7.87. The lowest BCUT2D eigenvalue weighted by Crippen LogP contribution is -3.00. The Morgan fingerprint density at radius 2 is 0.875 bits per heavy atom. The monoisotopic (exact) mass is 552 g/mol. The highest BCUT2D eigenvalue weighted by Gasteiger charge is 2.08. The van der Waals surface area contributed by atoms with Crippen LogP contribution in [0.25, 0.3) is 0 Å². The maximum Gasteiger partial charge on any atom is 0.173 e. The van der Waals surface area contributed by atoms with E-state index in [1.165, 1.54) is 22.3 Å². The summed E-state index contributed by atoms with van der Waals surface area (Å²) >= 11 is 0. The van der Waals surface area contributed by atoms with Gasteiger partial charge in [-0.2, -0.15) is 0 Å². The largest absolute Gasteiger partial charge is 1.00 e. The second-order valence-corrected chi connectivity index (χ2v) is 7.87. The van der Waals surface area contributed by atoms with Gasteiger partial charge >= 0.3 is 0 Å². The van der Waals surface area contributed by atoms with Crippen molar-refractivity contribution in [2.24, 2.45) is 0 Å². The molecule has 6 heterocycles. The number of aromatic nitrogens is 2. The second kappa shape index (κ2) is 11.2. The first-order valence-corrected chi connectivity index (χ1v) is 10.4. The molecule has 4 aromatic rings. The minimum Gasteiger partial charge on any atom is -1.00 e. The van der Waals surface area contributed by atoms with Crippen LogP contribution in [-0.2, 0) is 26.2 Å². The zero-order chi connectivity index (χ0) is 20.2. The van der Waals surface area contributed by atoms with Gasteiger partial charge in [0.25, 0.3) is 0 Å². The number of rotatable bonds is 0. The third-order valence-corrected chi connectivity index (χ3v) is 5.49. The highest BCUT2D eigenvalue weighted by Crippen LogP contribution is 2.13. The SMILES string of the molecule is [Br-].[Br-].c1cc2cc(c1)CNc1cc[n+](cc1)Cc1cccc(c1)C[n+]1ccc(cc1)NC2. The smallest absolute Gasteiger partial charge is 0.173 e. The van der Waals surface area contributed by atoms with Crippen molar-refractivity contribution in [1.29, 1.82) is 0 Å². The predicted molar refractivity (Wildman–Crippen MR) is 119 cm³/mol. The maximum absolute atomic E-state index is 3.53. The summed E-state index contributed by atoms with van der Waals surface area (Å²) in [5.74, 6) is 0. The molecule has 0 amide bonds. The van der Waals surface area contributed by atoms with Gasteiger partial charge in [0, 0.05) is 59.9 Å². The summed E-state index contributed by atoms with van der Waals surface area (Å²) in [7, 11) is 0. The van der Waals surface area contributed by atoms with Crippen molar-refractivity contribution in [2.75, 3.05) is 10.6 Å². The van der Waals surface area contributed by atoms with Gasteiger partial charge in [-0.05, 0) is 17.2 Å². The van der Waals surface area contributed by atoms with Crippen molar-refractivity contribution < 1.29 is 43.1 Å². The van der Waals surface area contributed by atoms with E-state index in [1.807, 2.05) is 0 Å². The highest BCUT2D eigenvalue weighted by molar-refractivity contribution is 5.43. The molecule has 0 unspecified atom stereocenters. The van der Waals surface area contributed by atoms with Crippen LogP contribution >= 0.6 is 0 Å². The van der Waals surface area contributed by atoms with Crippen molar-refractivity contribution in [3.8, 4) is 0 Å². The molecule has 6 heteroatoms. The molecule has 0 fully saturated rings. The van der Waals surface area contributed by atoms with E-state index in [2.05, 4.69) is 117 Å². The van der Waals surface area contributed by atoms with Crippen LogP contribution in [0.3, 0.4) is 0 Å². The summed E-state index contributed by atoms with van der Waals surface area (Å²) < 4.78 is 4.44. The first-order valence-electron chi connectivity index (χ1n) is 10.4. The number of benzene rings is 2. The molecular formula is C26H26Br2N4. The average molecular weight is 554 g/mol. The van der Waals surface area contributed by atoms with Gasteiger partial charge in [0.05, 0.1) is 0 Å². The summed E-state index contributed by atoms with van der Waals surface area (Å²) in [6.07, 6.45) is 8.56. The Hall–Kier alpha value is -2.70. The summed E-state index contributed by atoms with van der Waals surface area (Å²) in [4.78, 5) is 0. The first-order chi connectivity index (χ1) is 14.8. The molecule has 0 atom stereocenters.